The number of hydrogen-bond acceptors (Lipinski definition) is 1. The summed E-state index contributed by atoms with van der Waals surface area (Å²) in [7, 11) is -1.34. The molecule has 0 saturated heterocycles. The Morgan fingerprint density at radius 1 is 0.233 bits per heavy atom. The Morgan fingerprint density at radius 2 is 0.372 bits per heavy atom. The molecule has 0 unspecified atom stereocenters. The lowest BCUT2D eigenvalue weighted by Gasteiger charge is -2.05. The lowest BCUT2D eigenvalue weighted by Crippen LogP contribution is -1.91. The van der Waals surface area contributed by atoms with E-state index >= 15 is 0 Å². The number of thiol groups is 1. The van der Waals surface area contributed by atoms with Crippen LogP contribution >= 0.6 is 34.8 Å². The molecule has 0 nitrogen and oxygen atoms in total. The summed E-state index contributed by atoms with van der Waals surface area (Å²) < 4.78 is 0. The van der Waals surface area contributed by atoms with Crippen LogP contribution in [0.25, 0.3) is 0 Å². The van der Waals surface area contributed by atoms with E-state index in [1.807, 2.05) is 0 Å². The third-order valence-corrected chi connectivity index (χ3v) is 12.1. The molecule has 0 amide bonds. The summed E-state index contributed by atoms with van der Waals surface area (Å²) in [6.07, 6.45) is 53.8. The lowest BCUT2D eigenvalue weighted by atomic mass is 10.0. The Kier molecular flexibility index (Phi) is 42.3. The maximum Gasteiger partial charge on any atom is 0.237 e. The SMILES string of the molecule is SCCCCCCCCCCCCCCCCCCCCCCCCCCCCCCCCCCCCCCC[SiH](Cl)Cl. The van der Waals surface area contributed by atoms with Crippen molar-refractivity contribution in [1.82, 2.24) is 0 Å². The van der Waals surface area contributed by atoms with Crippen molar-refractivity contribution in [3.8, 4) is 0 Å². The summed E-state index contributed by atoms with van der Waals surface area (Å²) >= 11 is 16.1. The van der Waals surface area contributed by atoms with E-state index < -0.39 is 7.42 Å². The predicted molar refractivity (Wildman–Crippen MR) is 208 cm³/mol. The largest absolute Gasteiger partial charge is 0.237 e. The monoisotopic (exact) mass is 679 g/mol. The normalized spacial score (nSPS) is 11.7. The van der Waals surface area contributed by atoms with Gasteiger partial charge in [0.1, 0.15) is 0 Å². The minimum absolute atomic E-state index is 1.07. The lowest BCUT2D eigenvalue weighted by molar-refractivity contribution is 0.510. The summed E-state index contributed by atoms with van der Waals surface area (Å²) in [6.45, 7) is 0. The van der Waals surface area contributed by atoms with Crippen LogP contribution in [0.3, 0.4) is 0 Å². The van der Waals surface area contributed by atoms with Gasteiger partial charge in [-0.3, -0.25) is 0 Å². The second-order valence-corrected chi connectivity index (χ2v) is 19.6. The van der Waals surface area contributed by atoms with Crippen LogP contribution in [-0.2, 0) is 0 Å². The van der Waals surface area contributed by atoms with Crippen molar-refractivity contribution in [1.29, 1.82) is 0 Å². The summed E-state index contributed by atoms with van der Waals surface area (Å²) in [5, 5.41) is 0. The highest BCUT2D eigenvalue weighted by atomic mass is 35.7. The van der Waals surface area contributed by atoms with Gasteiger partial charge < -0.3 is 0 Å². The molecule has 0 aliphatic carbocycles. The third-order valence-electron chi connectivity index (χ3n) is 9.58. The van der Waals surface area contributed by atoms with Crippen LogP contribution in [0.15, 0.2) is 0 Å². The Morgan fingerprint density at radius 3 is 0.512 bits per heavy atom. The first-order chi connectivity index (χ1) is 21.3. The van der Waals surface area contributed by atoms with Crippen molar-refractivity contribution in [3.05, 3.63) is 0 Å². The molecule has 0 radical (unpaired) electrons. The summed E-state index contributed by atoms with van der Waals surface area (Å²) in [6, 6.07) is 1.10. The smallest absolute Gasteiger partial charge is 0.179 e. The van der Waals surface area contributed by atoms with Crippen molar-refractivity contribution in [2.45, 2.75) is 244 Å². The second kappa shape index (κ2) is 41.2. The zero-order valence-electron chi connectivity index (χ0n) is 29.4. The van der Waals surface area contributed by atoms with Gasteiger partial charge in [0.25, 0.3) is 0 Å². The Labute approximate surface area is 290 Å². The summed E-state index contributed by atoms with van der Waals surface area (Å²) in [4.78, 5) is 0. The molecule has 0 bridgehead atoms. The molecule has 0 atom stereocenters. The Balaban J connectivity index is 3.03. The van der Waals surface area contributed by atoms with Crippen molar-refractivity contribution in [2.75, 3.05) is 5.75 Å². The molecule has 0 aromatic heterocycles. The molecule has 0 aromatic rings. The van der Waals surface area contributed by atoms with Gasteiger partial charge in [-0.15, -0.1) is 0 Å². The van der Waals surface area contributed by atoms with E-state index in [1.54, 1.807) is 0 Å². The molecule has 0 saturated carbocycles. The third kappa shape index (κ3) is 43.1. The van der Waals surface area contributed by atoms with Crippen molar-refractivity contribution in [2.24, 2.45) is 0 Å². The molecule has 0 N–H and O–H groups in total. The maximum absolute atomic E-state index is 5.91. The van der Waals surface area contributed by atoms with Crippen LogP contribution in [0.4, 0.5) is 0 Å². The maximum atomic E-state index is 5.91. The van der Waals surface area contributed by atoms with Gasteiger partial charge in [-0.05, 0) is 18.2 Å². The molecule has 0 rings (SSSR count). The Bertz CT molecular complexity index is 476. The molecule has 0 aliphatic heterocycles. The van der Waals surface area contributed by atoms with E-state index in [-0.39, 0.29) is 0 Å². The molecule has 260 valence electrons. The highest BCUT2D eigenvalue weighted by Gasteiger charge is 2.01. The predicted octanol–water partition coefficient (Wildman–Crippen LogP) is 16.0. The first kappa shape index (κ1) is 44.1. The summed E-state index contributed by atoms with van der Waals surface area (Å²) in [5.74, 6) is 1.07. The van der Waals surface area contributed by atoms with Crippen LogP contribution < -0.4 is 0 Å². The van der Waals surface area contributed by atoms with Gasteiger partial charge in [-0.25, -0.2) is 0 Å². The van der Waals surface area contributed by atoms with Crippen molar-refractivity contribution >= 4 is 42.2 Å². The number of halogens is 2. The van der Waals surface area contributed by atoms with Gasteiger partial charge in [-0.2, -0.15) is 34.8 Å². The van der Waals surface area contributed by atoms with E-state index in [0.717, 1.165) is 11.8 Å². The first-order valence-electron chi connectivity index (χ1n) is 20.2. The minimum Gasteiger partial charge on any atom is -0.179 e. The fourth-order valence-electron chi connectivity index (χ4n) is 6.60. The topological polar surface area (TPSA) is 0 Å². The highest BCUT2D eigenvalue weighted by molar-refractivity contribution is 7.80. The fraction of sp³-hybridized carbons (Fsp3) is 1.00. The second-order valence-electron chi connectivity index (χ2n) is 14.0. The van der Waals surface area contributed by atoms with Crippen LogP contribution in [0.5, 0.6) is 0 Å². The molecule has 0 spiro atoms. The number of unbranched alkanes of at least 4 members (excludes halogenated alkanes) is 36. The zero-order valence-corrected chi connectivity index (χ0v) is 32.9. The summed E-state index contributed by atoms with van der Waals surface area (Å²) in [5.41, 5.74) is 0. The molecule has 0 heterocycles. The Hall–Kier alpha value is 1.15. The van der Waals surface area contributed by atoms with Crippen LogP contribution in [0.2, 0.25) is 6.04 Å². The van der Waals surface area contributed by atoms with E-state index in [2.05, 4.69) is 12.6 Å². The van der Waals surface area contributed by atoms with E-state index in [9.17, 15) is 0 Å². The minimum atomic E-state index is -1.34. The quantitative estimate of drug-likeness (QED) is 0.0284. The molecule has 0 aromatic carbocycles. The molecule has 0 fully saturated rings. The standard InChI is InChI=1S/C39H80Cl2SSi/c40-43(41)39-37-35-33-31-29-27-25-23-21-19-17-15-13-11-9-7-5-3-1-2-4-6-8-10-12-14-16-18-20-22-24-26-28-30-32-34-36-38-42/h42-43H,1-39H2. The molecular weight excluding hydrogens is 599 g/mol. The highest BCUT2D eigenvalue weighted by Crippen LogP contribution is 2.18. The van der Waals surface area contributed by atoms with Gasteiger partial charge >= 0.3 is 0 Å². The van der Waals surface area contributed by atoms with Gasteiger partial charge in [0, 0.05) is 0 Å². The van der Waals surface area contributed by atoms with Crippen LogP contribution in [-0.4, -0.2) is 13.2 Å². The van der Waals surface area contributed by atoms with Crippen LogP contribution in [0.1, 0.15) is 238 Å². The van der Waals surface area contributed by atoms with Crippen LogP contribution in [0, 0.1) is 0 Å². The molecule has 43 heavy (non-hydrogen) atoms. The number of rotatable bonds is 39. The van der Waals surface area contributed by atoms with E-state index in [0.29, 0.717) is 0 Å². The molecule has 4 heteroatoms. The van der Waals surface area contributed by atoms with Gasteiger partial charge in [0.2, 0.25) is 7.42 Å². The van der Waals surface area contributed by atoms with Gasteiger partial charge in [0.15, 0.2) is 0 Å². The zero-order chi connectivity index (χ0) is 31.2. The van der Waals surface area contributed by atoms with Crippen molar-refractivity contribution < 1.29 is 0 Å². The first-order valence-corrected chi connectivity index (χ1v) is 25.1. The van der Waals surface area contributed by atoms with Gasteiger partial charge in [0.05, 0.1) is 0 Å². The fourth-order valence-corrected chi connectivity index (χ4v) is 8.34. The van der Waals surface area contributed by atoms with Gasteiger partial charge in [-0.1, -0.05) is 231 Å². The number of hydrogen-bond donors (Lipinski definition) is 1. The van der Waals surface area contributed by atoms with E-state index in [4.69, 9.17) is 22.2 Å². The average molecular weight is 680 g/mol. The molecular formula is C39H80Cl2SSi. The van der Waals surface area contributed by atoms with Crippen molar-refractivity contribution in [3.63, 3.8) is 0 Å². The molecule has 0 aliphatic rings. The average Bonchev–Trinajstić information content (AvgIpc) is 3.00. The van der Waals surface area contributed by atoms with E-state index in [1.165, 1.54) is 238 Å².